The van der Waals surface area contributed by atoms with E-state index in [1.54, 1.807) is 6.07 Å². The number of ether oxygens (including phenoxy) is 2. The highest BCUT2D eigenvalue weighted by Crippen LogP contribution is 2.30. The minimum atomic E-state index is -0.832. The molecule has 3 N–H and O–H groups in total. The van der Waals surface area contributed by atoms with Gasteiger partial charge in [-0.1, -0.05) is 36.4 Å². The quantitative estimate of drug-likeness (QED) is 0.828. The van der Waals surface area contributed by atoms with E-state index < -0.39 is 12.0 Å². The lowest BCUT2D eigenvalue weighted by Crippen LogP contribution is -2.34. The topological polar surface area (TPSA) is 85.9 Å². The minimum absolute atomic E-state index is 0.268. The molecule has 23 heavy (non-hydrogen) atoms. The molecule has 2 aromatic rings. The molecular formula is C17H17N3O3. The lowest BCUT2D eigenvalue weighted by atomic mass is 10.1. The van der Waals surface area contributed by atoms with Crippen LogP contribution in [0.15, 0.2) is 59.6 Å². The van der Waals surface area contributed by atoms with Crippen LogP contribution >= 0.6 is 0 Å². The number of carbonyl (C=O) groups is 1. The second-order valence-corrected chi connectivity index (χ2v) is 4.96. The highest BCUT2D eigenvalue weighted by Gasteiger charge is 2.28. The van der Waals surface area contributed by atoms with Gasteiger partial charge in [0.25, 0.3) is 11.9 Å². The summed E-state index contributed by atoms with van der Waals surface area (Å²) in [5.41, 5.74) is 6.88. The van der Waals surface area contributed by atoms with Gasteiger partial charge in [-0.05, 0) is 18.2 Å². The lowest BCUT2D eigenvalue weighted by Gasteiger charge is -2.26. The van der Waals surface area contributed by atoms with Crippen LogP contribution in [0.5, 0.6) is 5.75 Å². The Balaban J connectivity index is 1.63. The zero-order valence-electron chi connectivity index (χ0n) is 12.4. The van der Waals surface area contributed by atoms with Crippen LogP contribution in [-0.2, 0) is 9.53 Å². The number of anilines is 1. The zero-order valence-corrected chi connectivity index (χ0v) is 12.4. The van der Waals surface area contributed by atoms with Crippen LogP contribution in [0.1, 0.15) is 11.7 Å². The van der Waals surface area contributed by atoms with Crippen molar-refractivity contribution in [2.75, 3.05) is 18.5 Å². The van der Waals surface area contributed by atoms with Crippen LogP contribution in [0.2, 0.25) is 0 Å². The number of para-hydroxylation sites is 2. The van der Waals surface area contributed by atoms with Gasteiger partial charge in [-0.25, -0.2) is 4.99 Å². The van der Waals surface area contributed by atoms with Crippen molar-refractivity contribution in [1.29, 1.82) is 0 Å². The first-order valence-electron chi connectivity index (χ1n) is 7.28. The standard InChI is InChI=1S/C17H17N3O3/c18-16(21)15-13-8-4-5-9-14(13)20-17(23-15)19-10-11-22-12-6-2-1-3-7-12/h1-9,15H,10-11H2,(H2,18,21)(H,19,20). The predicted molar refractivity (Wildman–Crippen MR) is 87.3 cm³/mol. The zero-order chi connectivity index (χ0) is 16.1. The van der Waals surface area contributed by atoms with Gasteiger partial charge < -0.3 is 20.5 Å². The minimum Gasteiger partial charge on any atom is -0.492 e. The molecule has 0 aromatic heterocycles. The van der Waals surface area contributed by atoms with Crippen molar-refractivity contribution in [3.8, 4) is 5.75 Å². The van der Waals surface area contributed by atoms with E-state index in [1.807, 2.05) is 48.5 Å². The number of primary amides is 1. The van der Waals surface area contributed by atoms with E-state index in [4.69, 9.17) is 15.2 Å². The number of hydrogen-bond acceptors (Lipinski definition) is 4. The second kappa shape index (κ2) is 6.83. The molecule has 1 aliphatic heterocycles. The second-order valence-electron chi connectivity index (χ2n) is 4.96. The van der Waals surface area contributed by atoms with E-state index in [1.165, 1.54) is 0 Å². The Labute approximate surface area is 133 Å². The molecule has 1 aliphatic rings. The van der Waals surface area contributed by atoms with Crippen LogP contribution in [0.4, 0.5) is 5.69 Å². The van der Waals surface area contributed by atoms with Gasteiger partial charge in [-0.3, -0.25) is 4.79 Å². The van der Waals surface area contributed by atoms with Crippen LogP contribution < -0.4 is 15.8 Å². The van der Waals surface area contributed by atoms with Crippen LogP contribution in [0.25, 0.3) is 0 Å². The molecule has 0 bridgehead atoms. The van der Waals surface area contributed by atoms with Crippen LogP contribution in [-0.4, -0.2) is 25.1 Å². The number of aliphatic imine (C=N–C) groups is 1. The molecule has 1 atom stereocenters. The predicted octanol–water partition coefficient (Wildman–Crippen LogP) is 2.09. The third kappa shape index (κ3) is 3.60. The normalized spacial score (nSPS) is 17.7. The van der Waals surface area contributed by atoms with Gasteiger partial charge in [0, 0.05) is 11.3 Å². The van der Waals surface area contributed by atoms with Crippen molar-refractivity contribution in [1.82, 2.24) is 0 Å². The largest absolute Gasteiger partial charge is 0.492 e. The number of nitrogens with two attached hydrogens (primary N) is 1. The first-order chi connectivity index (χ1) is 11.2. The van der Waals surface area contributed by atoms with Gasteiger partial charge >= 0.3 is 0 Å². The fourth-order valence-electron chi connectivity index (χ4n) is 2.27. The van der Waals surface area contributed by atoms with Crippen molar-refractivity contribution >= 4 is 17.6 Å². The summed E-state index contributed by atoms with van der Waals surface area (Å²) in [6.07, 6.45) is -0.832. The molecule has 0 aliphatic carbocycles. The van der Waals surface area contributed by atoms with E-state index in [2.05, 4.69) is 10.3 Å². The Kier molecular flexibility index (Phi) is 4.42. The molecule has 0 saturated heterocycles. The molecule has 1 amide bonds. The molecule has 0 radical (unpaired) electrons. The van der Waals surface area contributed by atoms with E-state index in [-0.39, 0.29) is 6.02 Å². The molecule has 1 unspecified atom stereocenters. The number of benzene rings is 2. The molecule has 1 heterocycles. The third-order valence-electron chi connectivity index (χ3n) is 3.33. The van der Waals surface area contributed by atoms with Gasteiger partial charge in [-0.15, -0.1) is 0 Å². The molecule has 6 heteroatoms. The number of carbonyl (C=O) groups excluding carboxylic acids is 1. The molecule has 0 spiro atoms. The first-order valence-corrected chi connectivity index (χ1v) is 7.28. The fraction of sp³-hybridized carbons (Fsp3) is 0.176. The Morgan fingerprint density at radius 1 is 1.17 bits per heavy atom. The highest BCUT2D eigenvalue weighted by atomic mass is 16.5. The third-order valence-corrected chi connectivity index (χ3v) is 3.33. The number of nitrogens with zero attached hydrogens (tertiary/aromatic N) is 1. The molecule has 6 nitrogen and oxygen atoms in total. The number of nitrogens with one attached hydrogen (secondary N) is 1. The first kappa shape index (κ1) is 14.9. The van der Waals surface area contributed by atoms with Crippen molar-refractivity contribution in [2.45, 2.75) is 6.10 Å². The van der Waals surface area contributed by atoms with E-state index in [0.717, 1.165) is 11.4 Å². The molecule has 0 fully saturated rings. The monoisotopic (exact) mass is 311 g/mol. The van der Waals surface area contributed by atoms with Gasteiger partial charge in [0.05, 0.1) is 6.54 Å². The smallest absolute Gasteiger partial charge is 0.290 e. The van der Waals surface area contributed by atoms with Gasteiger partial charge in [0.1, 0.15) is 12.4 Å². The summed E-state index contributed by atoms with van der Waals surface area (Å²) >= 11 is 0. The Morgan fingerprint density at radius 2 is 1.91 bits per heavy atom. The Hall–Kier alpha value is -3.02. The summed E-state index contributed by atoms with van der Waals surface area (Å²) < 4.78 is 11.1. The van der Waals surface area contributed by atoms with E-state index in [9.17, 15) is 4.79 Å². The number of rotatable bonds is 5. The van der Waals surface area contributed by atoms with Gasteiger partial charge in [-0.2, -0.15) is 0 Å². The summed E-state index contributed by atoms with van der Waals surface area (Å²) in [5, 5.41) is 3.04. The fourth-order valence-corrected chi connectivity index (χ4v) is 2.27. The highest BCUT2D eigenvalue weighted by molar-refractivity contribution is 5.97. The molecular weight excluding hydrogens is 294 g/mol. The maximum Gasteiger partial charge on any atom is 0.290 e. The van der Waals surface area contributed by atoms with Gasteiger partial charge in [0.15, 0.2) is 0 Å². The molecule has 2 aromatic carbocycles. The van der Waals surface area contributed by atoms with Crippen molar-refractivity contribution < 1.29 is 14.3 Å². The maximum absolute atomic E-state index is 11.6. The summed E-state index contributed by atoms with van der Waals surface area (Å²) in [6, 6.07) is 17.1. The summed E-state index contributed by atoms with van der Waals surface area (Å²) in [6.45, 7) is 0.798. The maximum atomic E-state index is 11.6. The van der Waals surface area contributed by atoms with Crippen LogP contribution in [0, 0.1) is 0 Å². The van der Waals surface area contributed by atoms with Crippen LogP contribution in [0.3, 0.4) is 0 Å². The Bertz CT molecular complexity index is 716. The summed E-state index contributed by atoms with van der Waals surface area (Å²) in [4.78, 5) is 15.8. The Morgan fingerprint density at radius 3 is 2.70 bits per heavy atom. The lowest BCUT2D eigenvalue weighted by molar-refractivity contribution is -0.125. The number of hydrogen-bond donors (Lipinski definition) is 2. The molecule has 118 valence electrons. The average Bonchev–Trinajstić information content (AvgIpc) is 2.59. The van der Waals surface area contributed by atoms with Gasteiger partial charge in [0.2, 0.25) is 6.10 Å². The average molecular weight is 311 g/mol. The summed E-state index contributed by atoms with van der Waals surface area (Å²) in [5.74, 6) is 0.234. The van der Waals surface area contributed by atoms with Crippen molar-refractivity contribution in [3.05, 3.63) is 60.2 Å². The molecule has 3 rings (SSSR count). The van der Waals surface area contributed by atoms with Crippen molar-refractivity contribution in [2.24, 2.45) is 10.7 Å². The van der Waals surface area contributed by atoms with E-state index in [0.29, 0.717) is 18.7 Å². The summed E-state index contributed by atoms with van der Waals surface area (Å²) in [7, 11) is 0. The molecule has 0 saturated carbocycles. The number of fused-ring (bicyclic) bond motifs is 1. The SMILES string of the molecule is NC(=O)C1OC(=NCCOc2ccccc2)Nc2ccccc21. The number of amides is 1. The van der Waals surface area contributed by atoms with E-state index >= 15 is 0 Å². The number of amidine groups is 1. The van der Waals surface area contributed by atoms with Crippen molar-refractivity contribution in [3.63, 3.8) is 0 Å².